The number of nitrogens with one attached hydrogen (secondary N) is 1. The van der Waals surface area contributed by atoms with E-state index in [2.05, 4.69) is 5.32 Å². The van der Waals surface area contributed by atoms with Crippen LogP contribution < -0.4 is 10.1 Å². The first-order valence-corrected chi connectivity index (χ1v) is 7.28. The highest BCUT2D eigenvalue weighted by Gasteiger charge is 2.14. The van der Waals surface area contributed by atoms with Crippen molar-refractivity contribution in [3.63, 3.8) is 0 Å². The molecule has 0 fully saturated rings. The number of benzene rings is 2. The predicted molar refractivity (Wildman–Crippen MR) is 89.8 cm³/mol. The van der Waals surface area contributed by atoms with Crippen molar-refractivity contribution in [3.05, 3.63) is 59.7 Å². The topological polar surface area (TPSA) is 58.6 Å². The lowest BCUT2D eigenvalue weighted by atomic mass is 10.1. The second kappa shape index (κ2) is 7.45. The fraction of sp³-hybridized carbons (Fsp3) is 0.222. The molecule has 2 rings (SSSR count). The van der Waals surface area contributed by atoms with Crippen LogP contribution in [0.15, 0.2) is 48.5 Å². The highest BCUT2D eigenvalue weighted by Crippen LogP contribution is 2.18. The minimum atomic E-state index is -0.313. The fourth-order valence-electron chi connectivity index (χ4n) is 2.07. The molecule has 2 aromatic rings. The Bertz CT molecular complexity index is 711. The lowest BCUT2D eigenvalue weighted by molar-refractivity contribution is -0.118. The molecule has 2 amide bonds. The van der Waals surface area contributed by atoms with Gasteiger partial charge in [-0.1, -0.05) is 30.3 Å². The molecule has 0 aliphatic carbocycles. The van der Waals surface area contributed by atoms with Crippen molar-refractivity contribution < 1.29 is 14.3 Å². The van der Waals surface area contributed by atoms with Crippen LogP contribution in [0.4, 0.5) is 5.69 Å². The van der Waals surface area contributed by atoms with Crippen LogP contribution in [0.2, 0.25) is 0 Å². The Morgan fingerprint density at radius 2 is 1.70 bits per heavy atom. The van der Waals surface area contributed by atoms with Crippen LogP contribution in [0.3, 0.4) is 0 Å². The summed E-state index contributed by atoms with van der Waals surface area (Å²) < 4.78 is 5.51. The minimum absolute atomic E-state index is 0.116. The number of hydrogen-bond acceptors (Lipinski definition) is 3. The molecule has 0 aliphatic heterocycles. The van der Waals surface area contributed by atoms with Crippen LogP contribution >= 0.6 is 0 Å². The first kappa shape index (κ1) is 16.5. The largest absolute Gasteiger partial charge is 0.483 e. The van der Waals surface area contributed by atoms with Gasteiger partial charge in [0.2, 0.25) is 0 Å². The number of anilines is 1. The monoisotopic (exact) mass is 312 g/mol. The van der Waals surface area contributed by atoms with E-state index in [1.54, 1.807) is 38.4 Å². The van der Waals surface area contributed by atoms with Gasteiger partial charge in [0.25, 0.3) is 11.8 Å². The van der Waals surface area contributed by atoms with E-state index in [4.69, 9.17) is 4.74 Å². The number of ether oxygens (including phenoxy) is 1. The van der Waals surface area contributed by atoms with Crippen molar-refractivity contribution in [3.8, 4) is 5.75 Å². The number of aryl methyl sites for hydroxylation is 1. The predicted octanol–water partition coefficient (Wildman–Crippen LogP) is 2.71. The van der Waals surface area contributed by atoms with Crippen LogP contribution in [0, 0.1) is 6.92 Å². The highest BCUT2D eigenvalue weighted by molar-refractivity contribution is 6.03. The van der Waals surface area contributed by atoms with Crippen LogP contribution in [0.25, 0.3) is 0 Å². The molecule has 0 aliphatic rings. The van der Waals surface area contributed by atoms with E-state index in [0.29, 0.717) is 17.0 Å². The van der Waals surface area contributed by atoms with Crippen molar-refractivity contribution in [2.75, 3.05) is 26.0 Å². The summed E-state index contributed by atoms with van der Waals surface area (Å²) in [6.45, 7) is 1.80. The summed E-state index contributed by atoms with van der Waals surface area (Å²) in [6, 6.07) is 14.4. The number of nitrogens with zero attached hydrogens (tertiary/aromatic N) is 1. The second-order valence-corrected chi connectivity index (χ2v) is 5.35. The molecule has 1 N–H and O–H groups in total. The number of hydrogen-bond donors (Lipinski definition) is 1. The van der Waals surface area contributed by atoms with E-state index in [-0.39, 0.29) is 18.4 Å². The molecule has 0 atom stereocenters. The molecule has 23 heavy (non-hydrogen) atoms. The van der Waals surface area contributed by atoms with Crippen molar-refractivity contribution in [2.45, 2.75) is 6.92 Å². The standard InChI is InChI=1S/C18H20N2O3/c1-13-8-4-7-11-16(13)23-12-17(21)19-15-10-6-5-9-14(15)18(22)20(2)3/h4-11H,12H2,1-3H3,(H,19,21). The zero-order valence-corrected chi connectivity index (χ0v) is 13.5. The van der Waals surface area contributed by atoms with Gasteiger partial charge in [-0.15, -0.1) is 0 Å². The lowest BCUT2D eigenvalue weighted by Crippen LogP contribution is -2.25. The molecule has 5 heteroatoms. The van der Waals surface area contributed by atoms with E-state index in [9.17, 15) is 9.59 Å². The molecule has 0 saturated heterocycles. The molecule has 2 aromatic carbocycles. The van der Waals surface area contributed by atoms with E-state index in [1.807, 2.05) is 31.2 Å². The summed E-state index contributed by atoms with van der Waals surface area (Å²) in [6.07, 6.45) is 0. The van der Waals surface area contributed by atoms with Gasteiger partial charge in [0.1, 0.15) is 5.75 Å². The maximum atomic E-state index is 12.1. The van der Waals surface area contributed by atoms with Crippen LogP contribution in [-0.2, 0) is 4.79 Å². The Hall–Kier alpha value is -2.82. The third-order valence-electron chi connectivity index (χ3n) is 3.29. The maximum Gasteiger partial charge on any atom is 0.262 e. The summed E-state index contributed by atoms with van der Waals surface area (Å²) in [7, 11) is 3.34. The summed E-state index contributed by atoms with van der Waals surface area (Å²) >= 11 is 0. The Kier molecular flexibility index (Phi) is 5.36. The second-order valence-electron chi connectivity index (χ2n) is 5.35. The Balaban J connectivity index is 2.04. The fourth-order valence-corrected chi connectivity index (χ4v) is 2.07. The SMILES string of the molecule is Cc1ccccc1OCC(=O)Nc1ccccc1C(=O)N(C)C. The Morgan fingerprint density at radius 1 is 1.04 bits per heavy atom. The molecule has 0 unspecified atom stereocenters. The number of rotatable bonds is 5. The van der Waals surface area contributed by atoms with Gasteiger partial charge < -0.3 is 15.0 Å². The molecule has 120 valence electrons. The lowest BCUT2D eigenvalue weighted by Gasteiger charge is -2.15. The molecule has 0 aromatic heterocycles. The van der Waals surface area contributed by atoms with Crippen LogP contribution in [0.5, 0.6) is 5.75 Å². The first-order valence-electron chi connectivity index (χ1n) is 7.28. The Labute approximate surface area is 135 Å². The molecule has 0 spiro atoms. The quantitative estimate of drug-likeness (QED) is 0.923. The number of amides is 2. The van der Waals surface area contributed by atoms with Crippen LogP contribution in [-0.4, -0.2) is 37.4 Å². The third-order valence-corrected chi connectivity index (χ3v) is 3.29. The minimum Gasteiger partial charge on any atom is -0.483 e. The molecule has 0 bridgehead atoms. The van der Waals surface area contributed by atoms with Gasteiger partial charge in [0.15, 0.2) is 6.61 Å². The van der Waals surface area contributed by atoms with Gasteiger partial charge in [0, 0.05) is 14.1 Å². The molecule has 0 saturated carbocycles. The van der Waals surface area contributed by atoms with Crippen molar-refractivity contribution in [1.82, 2.24) is 4.90 Å². The van der Waals surface area contributed by atoms with Crippen molar-refractivity contribution in [2.24, 2.45) is 0 Å². The van der Waals surface area contributed by atoms with Crippen molar-refractivity contribution in [1.29, 1.82) is 0 Å². The highest BCUT2D eigenvalue weighted by atomic mass is 16.5. The summed E-state index contributed by atoms with van der Waals surface area (Å²) in [5.74, 6) is 0.188. The van der Waals surface area contributed by atoms with Gasteiger partial charge in [-0.05, 0) is 30.7 Å². The summed E-state index contributed by atoms with van der Waals surface area (Å²) in [5, 5.41) is 2.72. The zero-order valence-electron chi connectivity index (χ0n) is 13.5. The summed E-state index contributed by atoms with van der Waals surface area (Å²) in [5.41, 5.74) is 1.88. The third kappa shape index (κ3) is 4.32. The average molecular weight is 312 g/mol. The summed E-state index contributed by atoms with van der Waals surface area (Å²) in [4.78, 5) is 25.7. The van der Waals surface area contributed by atoms with Gasteiger partial charge in [-0.25, -0.2) is 0 Å². The number of carbonyl (C=O) groups excluding carboxylic acids is 2. The molecule has 0 heterocycles. The maximum absolute atomic E-state index is 12.1. The molecule has 5 nitrogen and oxygen atoms in total. The van der Waals surface area contributed by atoms with E-state index in [1.165, 1.54) is 4.90 Å². The zero-order chi connectivity index (χ0) is 16.8. The smallest absolute Gasteiger partial charge is 0.262 e. The van der Waals surface area contributed by atoms with Gasteiger partial charge in [-0.2, -0.15) is 0 Å². The van der Waals surface area contributed by atoms with E-state index < -0.39 is 0 Å². The van der Waals surface area contributed by atoms with Gasteiger partial charge in [-0.3, -0.25) is 9.59 Å². The van der Waals surface area contributed by atoms with Gasteiger partial charge >= 0.3 is 0 Å². The van der Waals surface area contributed by atoms with Crippen molar-refractivity contribution >= 4 is 17.5 Å². The Morgan fingerprint density at radius 3 is 2.39 bits per heavy atom. The average Bonchev–Trinajstić information content (AvgIpc) is 2.54. The van der Waals surface area contributed by atoms with Crippen LogP contribution in [0.1, 0.15) is 15.9 Å². The van der Waals surface area contributed by atoms with Gasteiger partial charge in [0.05, 0.1) is 11.3 Å². The number of para-hydroxylation sites is 2. The molecular weight excluding hydrogens is 292 g/mol. The van der Waals surface area contributed by atoms with E-state index >= 15 is 0 Å². The molecular formula is C18H20N2O3. The van der Waals surface area contributed by atoms with E-state index in [0.717, 1.165) is 5.56 Å². The molecule has 0 radical (unpaired) electrons. The first-order chi connectivity index (χ1) is 11.0. The normalized spacial score (nSPS) is 10.0. The number of carbonyl (C=O) groups is 2.